The Morgan fingerprint density at radius 1 is 0.731 bits per heavy atom. The first-order valence-corrected chi connectivity index (χ1v) is 10.1. The summed E-state index contributed by atoms with van der Waals surface area (Å²) in [6.07, 6.45) is 3.30. The van der Waals surface area contributed by atoms with E-state index < -0.39 is 0 Å². The second kappa shape index (κ2) is 9.70. The molecule has 1 nitrogen and oxygen atoms in total. The molecular formula is C24H25BrO. The van der Waals surface area contributed by atoms with Gasteiger partial charge in [-0.25, -0.2) is 0 Å². The van der Waals surface area contributed by atoms with Gasteiger partial charge in [-0.15, -0.1) is 0 Å². The molecule has 0 aliphatic heterocycles. The van der Waals surface area contributed by atoms with E-state index in [0.29, 0.717) is 0 Å². The summed E-state index contributed by atoms with van der Waals surface area (Å²) in [5.74, 6) is 0. The molecule has 26 heavy (non-hydrogen) atoms. The van der Waals surface area contributed by atoms with Crippen molar-refractivity contribution in [1.29, 1.82) is 0 Å². The van der Waals surface area contributed by atoms with Crippen LogP contribution in [0.2, 0.25) is 0 Å². The van der Waals surface area contributed by atoms with Gasteiger partial charge in [-0.05, 0) is 52.8 Å². The standard InChI is InChI=1S/C24H25BrO/c1-2-3-17-26-18-16-19-8-10-20(11-9-19)23-6-4-5-7-24(23)21-12-14-22(25)15-13-21/h4-15H,2-3,16-18H2,1H3. The van der Waals surface area contributed by atoms with Crippen molar-refractivity contribution in [3.8, 4) is 22.3 Å². The lowest BCUT2D eigenvalue weighted by molar-refractivity contribution is 0.134. The molecule has 2 heteroatoms. The van der Waals surface area contributed by atoms with Crippen molar-refractivity contribution in [3.05, 3.63) is 82.8 Å². The van der Waals surface area contributed by atoms with Crippen LogP contribution in [-0.2, 0) is 11.2 Å². The molecule has 0 aliphatic carbocycles. The summed E-state index contributed by atoms with van der Waals surface area (Å²) in [6, 6.07) is 26.0. The van der Waals surface area contributed by atoms with Crippen LogP contribution in [0.1, 0.15) is 25.3 Å². The van der Waals surface area contributed by atoms with E-state index in [2.05, 4.69) is 95.7 Å². The lowest BCUT2D eigenvalue weighted by atomic mass is 9.94. The minimum Gasteiger partial charge on any atom is -0.381 e. The molecule has 134 valence electrons. The van der Waals surface area contributed by atoms with E-state index in [1.807, 2.05) is 0 Å². The molecule has 0 N–H and O–H groups in total. The summed E-state index contributed by atoms with van der Waals surface area (Å²) < 4.78 is 6.78. The molecule has 3 aromatic rings. The third-order valence-corrected chi connectivity index (χ3v) is 5.05. The number of ether oxygens (including phenoxy) is 1. The van der Waals surface area contributed by atoms with Crippen molar-refractivity contribution in [2.75, 3.05) is 13.2 Å². The predicted octanol–water partition coefficient (Wildman–Crippen LogP) is 7.14. The van der Waals surface area contributed by atoms with Crippen LogP contribution >= 0.6 is 15.9 Å². The van der Waals surface area contributed by atoms with Crippen LogP contribution in [0.3, 0.4) is 0 Å². The van der Waals surface area contributed by atoms with E-state index in [4.69, 9.17) is 4.74 Å². The summed E-state index contributed by atoms with van der Waals surface area (Å²) in [5, 5.41) is 0. The third-order valence-electron chi connectivity index (χ3n) is 4.52. The Morgan fingerprint density at radius 3 is 1.88 bits per heavy atom. The lowest BCUT2D eigenvalue weighted by Gasteiger charge is -2.11. The number of halogens is 1. The van der Waals surface area contributed by atoms with Gasteiger partial charge in [0.05, 0.1) is 6.61 Å². The number of rotatable bonds is 8. The largest absolute Gasteiger partial charge is 0.381 e. The van der Waals surface area contributed by atoms with Gasteiger partial charge >= 0.3 is 0 Å². The minimum absolute atomic E-state index is 0.800. The van der Waals surface area contributed by atoms with Gasteiger partial charge in [-0.2, -0.15) is 0 Å². The number of hydrogen-bond acceptors (Lipinski definition) is 1. The molecule has 0 atom stereocenters. The molecular weight excluding hydrogens is 384 g/mol. The third kappa shape index (κ3) is 5.06. The smallest absolute Gasteiger partial charge is 0.0506 e. The van der Waals surface area contributed by atoms with Gasteiger partial charge in [0, 0.05) is 11.1 Å². The van der Waals surface area contributed by atoms with Crippen molar-refractivity contribution in [1.82, 2.24) is 0 Å². The summed E-state index contributed by atoms with van der Waals surface area (Å²) in [4.78, 5) is 0. The Labute approximate surface area is 165 Å². The van der Waals surface area contributed by atoms with Crippen LogP contribution in [0.15, 0.2) is 77.3 Å². The Bertz CT molecular complexity index is 806. The fourth-order valence-electron chi connectivity index (χ4n) is 3.01. The molecule has 0 aliphatic rings. The SMILES string of the molecule is CCCCOCCc1ccc(-c2ccccc2-c2ccc(Br)cc2)cc1. The Balaban J connectivity index is 1.74. The molecule has 0 unspecified atom stereocenters. The highest BCUT2D eigenvalue weighted by Crippen LogP contribution is 2.32. The zero-order valence-corrected chi connectivity index (χ0v) is 16.8. The van der Waals surface area contributed by atoms with E-state index in [1.165, 1.54) is 34.2 Å². The Kier molecular flexibility index (Phi) is 7.04. The van der Waals surface area contributed by atoms with Crippen LogP contribution in [-0.4, -0.2) is 13.2 Å². The van der Waals surface area contributed by atoms with E-state index in [1.54, 1.807) is 0 Å². The highest BCUT2D eigenvalue weighted by Gasteiger charge is 2.07. The molecule has 0 fully saturated rings. The van der Waals surface area contributed by atoms with Crippen LogP contribution < -0.4 is 0 Å². The minimum atomic E-state index is 0.800. The summed E-state index contributed by atoms with van der Waals surface area (Å²) in [5.41, 5.74) is 6.33. The van der Waals surface area contributed by atoms with Gasteiger partial charge in [-0.1, -0.05) is 89.9 Å². The molecule has 0 radical (unpaired) electrons. The van der Waals surface area contributed by atoms with Gasteiger partial charge in [0.1, 0.15) is 0 Å². The topological polar surface area (TPSA) is 9.23 Å². The number of benzene rings is 3. The molecule has 0 aromatic heterocycles. The van der Waals surface area contributed by atoms with Crippen LogP contribution in [0.5, 0.6) is 0 Å². The monoisotopic (exact) mass is 408 g/mol. The first-order valence-electron chi connectivity index (χ1n) is 9.30. The molecule has 0 bridgehead atoms. The van der Waals surface area contributed by atoms with E-state index in [0.717, 1.165) is 30.5 Å². The number of unbranched alkanes of at least 4 members (excludes halogenated alkanes) is 1. The first kappa shape index (κ1) is 18.9. The fraction of sp³-hybridized carbons (Fsp3) is 0.250. The van der Waals surface area contributed by atoms with Crippen LogP contribution in [0.25, 0.3) is 22.3 Å². The van der Waals surface area contributed by atoms with Gasteiger partial charge in [-0.3, -0.25) is 0 Å². The van der Waals surface area contributed by atoms with Crippen LogP contribution in [0, 0.1) is 0 Å². The van der Waals surface area contributed by atoms with Gasteiger partial charge in [0.2, 0.25) is 0 Å². The zero-order chi connectivity index (χ0) is 18.2. The second-order valence-corrected chi connectivity index (χ2v) is 7.38. The van der Waals surface area contributed by atoms with Gasteiger partial charge < -0.3 is 4.74 Å². The van der Waals surface area contributed by atoms with Crippen molar-refractivity contribution < 1.29 is 4.74 Å². The van der Waals surface area contributed by atoms with Crippen molar-refractivity contribution in [3.63, 3.8) is 0 Å². The summed E-state index contributed by atoms with van der Waals surface area (Å²) >= 11 is 3.51. The summed E-state index contributed by atoms with van der Waals surface area (Å²) in [6.45, 7) is 3.86. The molecule has 3 rings (SSSR count). The van der Waals surface area contributed by atoms with Gasteiger partial charge in [0.25, 0.3) is 0 Å². The highest BCUT2D eigenvalue weighted by molar-refractivity contribution is 9.10. The average Bonchev–Trinajstić information content (AvgIpc) is 2.69. The normalized spacial score (nSPS) is 10.8. The zero-order valence-electron chi connectivity index (χ0n) is 15.2. The van der Waals surface area contributed by atoms with E-state index in [9.17, 15) is 0 Å². The molecule has 0 saturated carbocycles. The molecule has 0 saturated heterocycles. The van der Waals surface area contributed by atoms with Crippen LogP contribution in [0.4, 0.5) is 0 Å². The van der Waals surface area contributed by atoms with E-state index >= 15 is 0 Å². The fourth-order valence-corrected chi connectivity index (χ4v) is 3.27. The van der Waals surface area contributed by atoms with Crippen molar-refractivity contribution in [2.45, 2.75) is 26.2 Å². The molecule has 0 heterocycles. The predicted molar refractivity (Wildman–Crippen MR) is 114 cm³/mol. The molecule has 0 amide bonds. The highest BCUT2D eigenvalue weighted by atomic mass is 79.9. The maximum Gasteiger partial charge on any atom is 0.0506 e. The lowest BCUT2D eigenvalue weighted by Crippen LogP contribution is -2.00. The van der Waals surface area contributed by atoms with Crippen molar-refractivity contribution in [2.24, 2.45) is 0 Å². The van der Waals surface area contributed by atoms with E-state index in [-0.39, 0.29) is 0 Å². The summed E-state index contributed by atoms with van der Waals surface area (Å²) in [7, 11) is 0. The maximum atomic E-state index is 5.68. The second-order valence-electron chi connectivity index (χ2n) is 6.47. The first-order chi connectivity index (χ1) is 12.8. The van der Waals surface area contributed by atoms with Crippen molar-refractivity contribution >= 4 is 15.9 Å². The number of hydrogen-bond donors (Lipinski definition) is 0. The maximum absolute atomic E-state index is 5.68. The Hall–Kier alpha value is -1.90. The quantitative estimate of drug-likeness (QED) is 0.359. The molecule has 3 aromatic carbocycles. The average molecular weight is 409 g/mol. The molecule has 0 spiro atoms. The Morgan fingerprint density at radius 2 is 1.31 bits per heavy atom. The van der Waals surface area contributed by atoms with Gasteiger partial charge in [0.15, 0.2) is 0 Å².